The quantitative estimate of drug-likeness (QED) is 0.944. The number of thiazole rings is 1. The van der Waals surface area contributed by atoms with Crippen molar-refractivity contribution >= 4 is 33.0 Å². The van der Waals surface area contributed by atoms with Crippen LogP contribution < -0.4 is 10.6 Å². The van der Waals surface area contributed by atoms with Crippen LogP contribution in [-0.4, -0.2) is 12.0 Å². The number of nitrogens with two attached hydrogens (primary N) is 1. The molecule has 1 aromatic heterocycles. The Kier molecular flexibility index (Phi) is 4.15. The third-order valence-electron chi connectivity index (χ3n) is 2.59. The zero-order chi connectivity index (χ0) is 12.3. The first-order chi connectivity index (χ1) is 8.22. The predicted molar refractivity (Wildman–Crippen MR) is 76.3 cm³/mol. The fraction of sp³-hybridized carbons (Fsp3) is 0.250. The molecule has 0 radical (unpaired) electrons. The van der Waals surface area contributed by atoms with Crippen molar-refractivity contribution in [3.63, 3.8) is 0 Å². The molecule has 0 saturated heterocycles. The van der Waals surface area contributed by atoms with E-state index in [2.05, 4.69) is 44.3 Å². The number of benzene rings is 1. The first kappa shape index (κ1) is 12.5. The molecule has 0 aliphatic carbocycles. The second kappa shape index (κ2) is 5.62. The van der Waals surface area contributed by atoms with Crippen molar-refractivity contribution in [1.82, 2.24) is 4.98 Å². The van der Waals surface area contributed by atoms with Crippen LogP contribution in [0.3, 0.4) is 0 Å². The second-order valence-electron chi connectivity index (χ2n) is 3.78. The van der Waals surface area contributed by atoms with E-state index in [9.17, 15) is 0 Å². The lowest BCUT2D eigenvalue weighted by atomic mass is 10.1. The highest BCUT2D eigenvalue weighted by molar-refractivity contribution is 9.10. The summed E-state index contributed by atoms with van der Waals surface area (Å²) >= 11 is 5.15. The standard InChI is InChI=1S/C12H14BrN3S/c1-16(6-9-7-17-8-15-9)12-4-2-3-11(13)10(12)5-14/h2-4,7-8H,5-6,14H2,1H3. The van der Waals surface area contributed by atoms with Gasteiger partial charge in [0.25, 0.3) is 0 Å². The number of anilines is 1. The molecule has 0 aliphatic rings. The van der Waals surface area contributed by atoms with Crippen LogP contribution >= 0.6 is 27.3 Å². The van der Waals surface area contributed by atoms with Crippen LogP contribution in [0.2, 0.25) is 0 Å². The topological polar surface area (TPSA) is 42.2 Å². The average Bonchev–Trinajstić information content (AvgIpc) is 2.81. The molecule has 2 N–H and O–H groups in total. The number of hydrogen-bond acceptors (Lipinski definition) is 4. The highest BCUT2D eigenvalue weighted by Gasteiger charge is 2.10. The maximum Gasteiger partial charge on any atom is 0.0795 e. The summed E-state index contributed by atoms with van der Waals surface area (Å²) in [7, 11) is 2.06. The molecule has 5 heteroatoms. The van der Waals surface area contributed by atoms with Crippen LogP contribution in [0.4, 0.5) is 5.69 Å². The monoisotopic (exact) mass is 311 g/mol. The fourth-order valence-electron chi connectivity index (χ4n) is 1.75. The van der Waals surface area contributed by atoms with Crippen molar-refractivity contribution < 1.29 is 0 Å². The van der Waals surface area contributed by atoms with Gasteiger partial charge in [-0.2, -0.15) is 0 Å². The first-order valence-corrected chi connectivity index (χ1v) is 7.01. The first-order valence-electron chi connectivity index (χ1n) is 5.28. The summed E-state index contributed by atoms with van der Waals surface area (Å²) in [5, 5.41) is 2.07. The van der Waals surface area contributed by atoms with Gasteiger partial charge >= 0.3 is 0 Å². The van der Waals surface area contributed by atoms with Gasteiger partial charge in [0.1, 0.15) is 0 Å². The highest BCUT2D eigenvalue weighted by atomic mass is 79.9. The van der Waals surface area contributed by atoms with Crippen molar-refractivity contribution in [3.8, 4) is 0 Å². The molecule has 3 nitrogen and oxygen atoms in total. The number of nitrogens with zero attached hydrogens (tertiary/aromatic N) is 2. The maximum atomic E-state index is 5.79. The molecule has 90 valence electrons. The molecular weight excluding hydrogens is 298 g/mol. The Hall–Kier alpha value is -0.910. The van der Waals surface area contributed by atoms with E-state index >= 15 is 0 Å². The molecule has 0 amide bonds. The molecule has 0 atom stereocenters. The van der Waals surface area contributed by atoms with E-state index in [0.717, 1.165) is 28.0 Å². The minimum absolute atomic E-state index is 0.526. The summed E-state index contributed by atoms with van der Waals surface area (Å²) in [4.78, 5) is 6.46. The summed E-state index contributed by atoms with van der Waals surface area (Å²) in [6.45, 7) is 1.32. The summed E-state index contributed by atoms with van der Waals surface area (Å²) in [6.07, 6.45) is 0. The van der Waals surface area contributed by atoms with E-state index in [1.165, 1.54) is 0 Å². The van der Waals surface area contributed by atoms with Crippen LogP contribution in [0, 0.1) is 0 Å². The van der Waals surface area contributed by atoms with Gasteiger partial charge in [-0.3, -0.25) is 0 Å². The van der Waals surface area contributed by atoms with Crippen molar-refractivity contribution in [2.75, 3.05) is 11.9 Å². The molecule has 2 aromatic rings. The lowest BCUT2D eigenvalue weighted by molar-refractivity contribution is 0.879. The minimum atomic E-state index is 0.526. The van der Waals surface area contributed by atoms with Crippen LogP contribution in [0.5, 0.6) is 0 Å². The Morgan fingerprint density at radius 1 is 1.47 bits per heavy atom. The SMILES string of the molecule is CN(Cc1cscn1)c1cccc(Br)c1CN. The fourth-order valence-corrected chi connectivity index (χ4v) is 2.82. The van der Waals surface area contributed by atoms with E-state index in [1.54, 1.807) is 11.3 Å². The van der Waals surface area contributed by atoms with Gasteiger partial charge in [0, 0.05) is 34.7 Å². The van der Waals surface area contributed by atoms with E-state index in [-0.39, 0.29) is 0 Å². The molecule has 2 rings (SSSR count). The molecule has 0 fully saturated rings. The Bertz CT molecular complexity index is 485. The van der Waals surface area contributed by atoms with Crippen molar-refractivity contribution in [2.24, 2.45) is 5.73 Å². The Labute approximate surface area is 113 Å². The molecule has 1 heterocycles. The molecule has 0 bridgehead atoms. The van der Waals surface area contributed by atoms with Crippen LogP contribution in [0.15, 0.2) is 33.6 Å². The molecule has 0 unspecified atom stereocenters. The number of halogens is 1. The zero-order valence-corrected chi connectivity index (χ0v) is 12.0. The third kappa shape index (κ3) is 2.86. The maximum absolute atomic E-state index is 5.79. The Balaban J connectivity index is 2.24. The highest BCUT2D eigenvalue weighted by Crippen LogP contribution is 2.27. The van der Waals surface area contributed by atoms with E-state index < -0.39 is 0 Å². The van der Waals surface area contributed by atoms with Gasteiger partial charge in [0.2, 0.25) is 0 Å². The lowest BCUT2D eigenvalue weighted by Gasteiger charge is -2.22. The Morgan fingerprint density at radius 3 is 2.94 bits per heavy atom. The molecular formula is C12H14BrN3S. The molecule has 0 saturated carbocycles. The van der Waals surface area contributed by atoms with E-state index in [0.29, 0.717) is 6.54 Å². The van der Waals surface area contributed by atoms with E-state index in [1.807, 2.05) is 17.6 Å². The van der Waals surface area contributed by atoms with Crippen molar-refractivity contribution in [1.29, 1.82) is 0 Å². The van der Waals surface area contributed by atoms with Crippen LogP contribution in [-0.2, 0) is 13.1 Å². The molecule has 0 aliphatic heterocycles. The number of aromatic nitrogens is 1. The van der Waals surface area contributed by atoms with Gasteiger partial charge < -0.3 is 10.6 Å². The second-order valence-corrected chi connectivity index (χ2v) is 5.35. The number of hydrogen-bond donors (Lipinski definition) is 1. The van der Waals surface area contributed by atoms with Crippen molar-refractivity contribution in [2.45, 2.75) is 13.1 Å². The van der Waals surface area contributed by atoms with Gasteiger partial charge in [-0.1, -0.05) is 22.0 Å². The minimum Gasteiger partial charge on any atom is -0.368 e. The largest absolute Gasteiger partial charge is 0.368 e. The smallest absolute Gasteiger partial charge is 0.0795 e. The zero-order valence-electron chi connectivity index (χ0n) is 9.56. The molecule has 0 spiro atoms. The summed E-state index contributed by atoms with van der Waals surface area (Å²) in [6, 6.07) is 6.12. The normalized spacial score (nSPS) is 10.5. The molecule has 1 aromatic carbocycles. The summed E-state index contributed by atoms with van der Waals surface area (Å²) in [5.41, 5.74) is 11.0. The average molecular weight is 312 g/mol. The van der Waals surface area contributed by atoms with Gasteiger partial charge in [-0.05, 0) is 12.1 Å². The Morgan fingerprint density at radius 2 is 2.29 bits per heavy atom. The summed E-state index contributed by atoms with van der Waals surface area (Å²) < 4.78 is 1.06. The van der Waals surface area contributed by atoms with Gasteiger partial charge in [0.15, 0.2) is 0 Å². The number of rotatable bonds is 4. The van der Waals surface area contributed by atoms with Crippen LogP contribution in [0.1, 0.15) is 11.3 Å². The van der Waals surface area contributed by atoms with Gasteiger partial charge in [0.05, 0.1) is 17.7 Å². The predicted octanol–water partition coefficient (Wildman–Crippen LogP) is 3.00. The van der Waals surface area contributed by atoms with Crippen LogP contribution in [0.25, 0.3) is 0 Å². The van der Waals surface area contributed by atoms with Crippen molar-refractivity contribution in [3.05, 3.63) is 44.8 Å². The lowest BCUT2D eigenvalue weighted by Crippen LogP contribution is -2.19. The summed E-state index contributed by atoms with van der Waals surface area (Å²) in [5.74, 6) is 0. The van der Waals surface area contributed by atoms with E-state index in [4.69, 9.17) is 5.73 Å². The van der Waals surface area contributed by atoms with Gasteiger partial charge in [-0.25, -0.2) is 4.98 Å². The molecule has 17 heavy (non-hydrogen) atoms. The third-order valence-corrected chi connectivity index (χ3v) is 3.97. The van der Waals surface area contributed by atoms with Gasteiger partial charge in [-0.15, -0.1) is 11.3 Å².